The van der Waals surface area contributed by atoms with E-state index >= 15 is 0 Å². The molecule has 0 atom stereocenters. The van der Waals surface area contributed by atoms with Crippen LogP contribution in [-0.4, -0.2) is 45.4 Å². The number of nitrogens with zero attached hydrogens (tertiary/aromatic N) is 3. The first kappa shape index (κ1) is 23.4. The molecule has 0 bridgehead atoms. The van der Waals surface area contributed by atoms with Crippen LogP contribution in [0, 0.1) is 0 Å². The van der Waals surface area contributed by atoms with Gasteiger partial charge in [0.05, 0.1) is 28.4 Å². The number of piperidine rings is 1. The number of carbonyl (C=O) groups is 2. The molecular weight excluding hydrogens is 464 g/mol. The molecular formula is C23H27ClN4O4S. The molecule has 0 spiro atoms. The first-order chi connectivity index (χ1) is 15.7. The van der Waals surface area contributed by atoms with Crippen molar-refractivity contribution >= 4 is 40.8 Å². The number of hydrogen-bond acceptors (Lipinski definition) is 7. The van der Waals surface area contributed by atoms with Gasteiger partial charge in [0.1, 0.15) is 17.7 Å². The molecule has 1 N–H and O–H groups in total. The van der Waals surface area contributed by atoms with Gasteiger partial charge >= 0.3 is 6.09 Å². The Labute approximate surface area is 201 Å². The number of ether oxygens (including phenoxy) is 1. The third-order valence-electron chi connectivity index (χ3n) is 5.33. The van der Waals surface area contributed by atoms with Crippen molar-refractivity contribution in [3.8, 4) is 0 Å². The molecule has 0 aromatic carbocycles. The average Bonchev–Trinajstić information content (AvgIpc) is 3.52. The predicted molar refractivity (Wildman–Crippen MR) is 127 cm³/mol. The van der Waals surface area contributed by atoms with E-state index in [9.17, 15) is 9.59 Å². The van der Waals surface area contributed by atoms with Gasteiger partial charge in [0.25, 0.3) is 5.91 Å². The van der Waals surface area contributed by atoms with Gasteiger partial charge in [-0.25, -0.2) is 4.79 Å². The summed E-state index contributed by atoms with van der Waals surface area (Å²) < 4.78 is 12.7. The molecule has 33 heavy (non-hydrogen) atoms. The van der Waals surface area contributed by atoms with E-state index < -0.39 is 5.60 Å². The van der Waals surface area contributed by atoms with Crippen LogP contribution in [0.3, 0.4) is 0 Å². The molecule has 0 radical (unpaired) electrons. The van der Waals surface area contributed by atoms with Crippen LogP contribution >= 0.6 is 22.9 Å². The lowest BCUT2D eigenvalue weighted by atomic mass is 9.94. The minimum absolute atomic E-state index is 0.138. The quantitative estimate of drug-likeness (QED) is 0.500. The largest absolute Gasteiger partial charge is 0.472 e. The van der Waals surface area contributed by atoms with Crippen LogP contribution in [0.2, 0.25) is 4.34 Å². The fourth-order valence-corrected chi connectivity index (χ4v) is 4.72. The number of furan rings is 1. The topological polar surface area (TPSA) is 89.6 Å². The molecule has 176 valence electrons. The predicted octanol–water partition coefficient (Wildman–Crippen LogP) is 5.61. The van der Waals surface area contributed by atoms with Crippen LogP contribution in [0.25, 0.3) is 0 Å². The number of anilines is 1. The van der Waals surface area contributed by atoms with E-state index in [4.69, 9.17) is 20.8 Å². The van der Waals surface area contributed by atoms with Gasteiger partial charge in [-0.2, -0.15) is 9.78 Å². The molecule has 0 aliphatic carbocycles. The number of nitrogens with one attached hydrogen (secondary N) is 1. The normalized spacial score (nSPS) is 15.0. The number of rotatable bonds is 5. The summed E-state index contributed by atoms with van der Waals surface area (Å²) in [7, 11) is 0. The van der Waals surface area contributed by atoms with Crippen LogP contribution in [0.15, 0.2) is 41.2 Å². The van der Waals surface area contributed by atoms with E-state index in [1.54, 1.807) is 11.0 Å². The molecule has 8 nitrogen and oxygen atoms in total. The van der Waals surface area contributed by atoms with Crippen molar-refractivity contribution in [2.24, 2.45) is 0 Å². The highest BCUT2D eigenvalue weighted by Crippen LogP contribution is 2.30. The fourth-order valence-electron chi connectivity index (χ4n) is 3.70. The summed E-state index contributed by atoms with van der Waals surface area (Å²) in [6, 6.07) is 7.33. The van der Waals surface area contributed by atoms with E-state index in [1.807, 2.05) is 39.0 Å². The molecule has 3 aromatic rings. The standard InChI is InChI=1S/C23H27ClN4O4S/c1-23(2,3)32-22(30)27-9-6-15(7-10-27)18-12-20(25-13-17-4-5-19(24)33-17)28(26-18)21(29)16-8-11-31-14-16/h4-5,8,11-12,14-15,25H,6-7,9-10,13H2,1-3H3. The molecule has 3 aromatic heterocycles. The van der Waals surface area contributed by atoms with Crippen LogP contribution in [0.5, 0.6) is 0 Å². The molecule has 10 heteroatoms. The highest BCUT2D eigenvalue weighted by atomic mass is 35.5. The van der Waals surface area contributed by atoms with Crippen molar-refractivity contribution in [1.29, 1.82) is 0 Å². The average molecular weight is 491 g/mol. The highest BCUT2D eigenvalue weighted by molar-refractivity contribution is 7.16. The third-order valence-corrected chi connectivity index (χ3v) is 6.56. The van der Waals surface area contributed by atoms with Gasteiger partial charge in [0.15, 0.2) is 0 Å². The van der Waals surface area contributed by atoms with Crippen LogP contribution in [0.4, 0.5) is 10.6 Å². The zero-order valence-electron chi connectivity index (χ0n) is 18.8. The van der Waals surface area contributed by atoms with Crippen LogP contribution < -0.4 is 5.32 Å². The smallest absolute Gasteiger partial charge is 0.410 e. The summed E-state index contributed by atoms with van der Waals surface area (Å²) in [6.07, 6.45) is 4.07. The minimum Gasteiger partial charge on any atom is -0.472 e. The molecule has 1 saturated heterocycles. The number of amides is 1. The summed E-state index contributed by atoms with van der Waals surface area (Å²) in [6.45, 7) is 7.27. The Kier molecular flexibility index (Phi) is 6.81. The van der Waals surface area contributed by atoms with Crippen LogP contribution in [-0.2, 0) is 11.3 Å². The Morgan fingerprint density at radius 1 is 1.27 bits per heavy atom. The first-order valence-electron chi connectivity index (χ1n) is 10.8. The molecule has 1 aliphatic rings. The fraction of sp³-hybridized carbons (Fsp3) is 0.435. The monoisotopic (exact) mass is 490 g/mol. The first-order valence-corrected chi connectivity index (χ1v) is 12.0. The zero-order chi connectivity index (χ0) is 23.6. The van der Waals surface area contributed by atoms with Crippen molar-refractivity contribution in [3.05, 3.63) is 57.3 Å². The van der Waals surface area contributed by atoms with E-state index in [1.165, 1.54) is 28.5 Å². The van der Waals surface area contributed by atoms with E-state index in [-0.39, 0.29) is 17.9 Å². The van der Waals surface area contributed by atoms with Gasteiger partial charge in [-0.3, -0.25) is 4.79 Å². The lowest BCUT2D eigenvalue weighted by Gasteiger charge is -2.32. The van der Waals surface area contributed by atoms with Crippen LogP contribution in [0.1, 0.15) is 60.5 Å². The number of carbonyl (C=O) groups excluding carboxylic acids is 2. The van der Waals surface area contributed by atoms with Gasteiger partial charge in [-0.15, -0.1) is 11.3 Å². The Morgan fingerprint density at radius 3 is 2.64 bits per heavy atom. The van der Waals surface area contributed by atoms with Crippen molar-refractivity contribution < 1.29 is 18.7 Å². The molecule has 1 fully saturated rings. The van der Waals surface area contributed by atoms with Gasteiger partial charge in [0, 0.05) is 30.0 Å². The summed E-state index contributed by atoms with van der Waals surface area (Å²) >= 11 is 7.52. The third kappa shape index (κ3) is 5.78. The van der Waals surface area contributed by atoms with Crippen molar-refractivity contribution in [2.75, 3.05) is 18.4 Å². The molecule has 0 saturated carbocycles. The Morgan fingerprint density at radius 2 is 2.03 bits per heavy atom. The van der Waals surface area contributed by atoms with Gasteiger partial charge in [-0.05, 0) is 51.8 Å². The lowest BCUT2D eigenvalue weighted by molar-refractivity contribution is 0.0204. The second kappa shape index (κ2) is 9.61. The molecule has 1 amide bonds. The molecule has 1 aliphatic heterocycles. The SMILES string of the molecule is CC(C)(C)OC(=O)N1CCC(c2cc(NCc3ccc(Cl)s3)n(C(=O)c3ccoc3)n2)CC1. The second-order valence-electron chi connectivity index (χ2n) is 8.98. The summed E-state index contributed by atoms with van der Waals surface area (Å²) in [5.74, 6) is 0.474. The number of likely N-dealkylation sites (tertiary alicyclic amines) is 1. The lowest BCUT2D eigenvalue weighted by Crippen LogP contribution is -2.41. The van der Waals surface area contributed by atoms with Gasteiger partial charge in [-0.1, -0.05) is 11.6 Å². The van der Waals surface area contributed by atoms with Gasteiger partial charge < -0.3 is 19.4 Å². The number of aromatic nitrogens is 2. The maximum Gasteiger partial charge on any atom is 0.410 e. The number of thiophene rings is 1. The number of halogens is 1. The Balaban J connectivity index is 1.49. The summed E-state index contributed by atoms with van der Waals surface area (Å²) in [4.78, 5) is 28.2. The van der Waals surface area contributed by atoms with Crippen molar-refractivity contribution in [1.82, 2.24) is 14.7 Å². The van der Waals surface area contributed by atoms with Gasteiger partial charge in [0.2, 0.25) is 0 Å². The molecule has 4 rings (SSSR count). The van der Waals surface area contributed by atoms with E-state index in [0.29, 0.717) is 35.4 Å². The Bertz CT molecular complexity index is 1110. The highest BCUT2D eigenvalue weighted by Gasteiger charge is 2.29. The molecule has 0 unspecified atom stereocenters. The van der Waals surface area contributed by atoms with Crippen molar-refractivity contribution in [3.63, 3.8) is 0 Å². The zero-order valence-corrected chi connectivity index (χ0v) is 20.4. The maximum atomic E-state index is 13.0. The summed E-state index contributed by atoms with van der Waals surface area (Å²) in [5.41, 5.74) is 0.724. The molecule has 4 heterocycles. The van der Waals surface area contributed by atoms with E-state index in [0.717, 1.165) is 23.4 Å². The maximum absolute atomic E-state index is 13.0. The number of hydrogen-bond donors (Lipinski definition) is 1. The second-order valence-corrected chi connectivity index (χ2v) is 10.8. The van der Waals surface area contributed by atoms with Crippen molar-refractivity contribution in [2.45, 2.75) is 51.7 Å². The van der Waals surface area contributed by atoms with E-state index in [2.05, 4.69) is 10.4 Å². The Hall–Kier alpha value is -2.78. The summed E-state index contributed by atoms with van der Waals surface area (Å²) in [5, 5.41) is 7.96. The minimum atomic E-state index is -0.520.